The van der Waals surface area contributed by atoms with Gasteiger partial charge in [0.05, 0.1) is 0 Å². The summed E-state index contributed by atoms with van der Waals surface area (Å²) in [5, 5.41) is 10.1. The second kappa shape index (κ2) is 11.0. The van der Waals surface area contributed by atoms with E-state index in [9.17, 15) is 4.79 Å². The van der Waals surface area contributed by atoms with Crippen LogP contribution in [-0.2, 0) is 16.8 Å². The molecule has 0 fully saturated rings. The molecule has 1 N–H and O–H groups in total. The fourth-order valence-corrected chi connectivity index (χ4v) is 6.06. The number of aromatic nitrogens is 1. The zero-order valence-electron chi connectivity index (χ0n) is 20.9. The summed E-state index contributed by atoms with van der Waals surface area (Å²) in [6.45, 7) is 8.65. The van der Waals surface area contributed by atoms with Gasteiger partial charge < -0.3 is 10.0 Å². The highest BCUT2D eigenvalue weighted by molar-refractivity contribution is 7.18. The summed E-state index contributed by atoms with van der Waals surface area (Å²) >= 11 is 1.80. The van der Waals surface area contributed by atoms with Gasteiger partial charge in [-0.15, -0.1) is 0 Å². The number of aliphatic carboxylic acids is 1. The largest absolute Gasteiger partial charge is 0.481 e. The SMILES string of the molecule is CCN1C(=CC=CC=Cc2sc3ccccc3[n+]2CCCCCC(=O)O)C(C)(C)c2ccccc21. The third-order valence-corrected chi connectivity index (χ3v) is 7.87. The third kappa shape index (κ3) is 5.40. The highest BCUT2D eigenvalue weighted by atomic mass is 32.1. The van der Waals surface area contributed by atoms with E-state index in [2.05, 4.69) is 109 Å². The van der Waals surface area contributed by atoms with E-state index < -0.39 is 5.97 Å². The second-order valence-electron chi connectivity index (χ2n) is 9.45. The van der Waals surface area contributed by atoms with E-state index in [0.717, 1.165) is 32.4 Å². The molecule has 1 aliphatic heterocycles. The minimum atomic E-state index is -0.712. The van der Waals surface area contributed by atoms with Crippen LogP contribution in [0.3, 0.4) is 0 Å². The van der Waals surface area contributed by atoms with Crippen molar-refractivity contribution in [3.05, 3.63) is 89.1 Å². The molecule has 5 heteroatoms. The first kappa shape index (κ1) is 24.9. The van der Waals surface area contributed by atoms with Gasteiger partial charge in [0.1, 0.15) is 4.70 Å². The molecule has 0 radical (unpaired) electrons. The van der Waals surface area contributed by atoms with Crippen molar-refractivity contribution in [3.8, 4) is 0 Å². The van der Waals surface area contributed by atoms with Crippen molar-refractivity contribution in [1.82, 2.24) is 0 Å². The summed E-state index contributed by atoms with van der Waals surface area (Å²) in [4.78, 5) is 13.2. The third-order valence-electron chi connectivity index (χ3n) is 6.74. The lowest BCUT2D eigenvalue weighted by Crippen LogP contribution is -2.35. The highest BCUT2D eigenvalue weighted by Gasteiger charge is 2.38. The molecular formula is C30H35N2O2S+. The van der Waals surface area contributed by atoms with Gasteiger partial charge in [0.2, 0.25) is 5.52 Å². The number of likely N-dealkylation sites (N-methyl/N-ethyl adjacent to an activating group) is 1. The van der Waals surface area contributed by atoms with Gasteiger partial charge in [-0.1, -0.05) is 73.7 Å². The summed E-state index contributed by atoms with van der Waals surface area (Å²) in [6, 6.07) is 17.2. The van der Waals surface area contributed by atoms with E-state index in [1.54, 1.807) is 11.3 Å². The summed E-state index contributed by atoms with van der Waals surface area (Å²) in [6.07, 6.45) is 13.7. The van der Waals surface area contributed by atoms with E-state index in [0.29, 0.717) is 0 Å². The number of allylic oxidation sites excluding steroid dienone is 5. The number of benzene rings is 2. The van der Waals surface area contributed by atoms with E-state index in [1.165, 1.54) is 32.2 Å². The smallest absolute Gasteiger partial charge is 0.303 e. The Labute approximate surface area is 212 Å². The molecule has 4 rings (SSSR count). The Kier molecular flexibility index (Phi) is 7.86. The van der Waals surface area contributed by atoms with Gasteiger partial charge >= 0.3 is 5.97 Å². The maximum Gasteiger partial charge on any atom is 0.303 e. The van der Waals surface area contributed by atoms with Crippen molar-refractivity contribution in [2.45, 2.75) is 58.4 Å². The molecule has 2 heterocycles. The molecule has 0 bridgehead atoms. The van der Waals surface area contributed by atoms with Crippen LogP contribution in [0.4, 0.5) is 5.69 Å². The summed E-state index contributed by atoms with van der Waals surface area (Å²) < 4.78 is 3.63. The first-order valence-corrected chi connectivity index (χ1v) is 13.3. The summed E-state index contributed by atoms with van der Waals surface area (Å²) in [5.41, 5.74) is 5.24. The standard InChI is InChI=1S/C30H34N2O2S/c1-4-31-24-16-11-10-15-23(24)30(2,3)27(31)19-7-5-8-20-28-32(22-14-6-9-21-29(33)34)25-17-12-13-18-26(25)35-28/h5,7-8,10-13,15-20H,4,6,9,14,21-22H2,1-3H3/p+1. The molecule has 0 saturated carbocycles. The zero-order valence-corrected chi connectivity index (χ0v) is 21.7. The Morgan fingerprint density at radius 1 is 1.03 bits per heavy atom. The number of unbranched alkanes of at least 4 members (excludes halogenated alkanes) is 2. The number of anilines is 1. The molecule has 0 unspecified atom stereocenters. The Bertz CT molecular complexity index is 1280. The summed E-state index contributed by atoms with van der Waals surface area (Å²) in [7, 11) is 0. The van der Waals surface area contributed by atoms with Crippen molar-refractivity contribution < 1.29 is 14.5 Å². The van der Waals surface area contributed by atoms with Gasteiger partial charge in [-0.2, -0.15) is 4.57 Å². The van der Waals surface area contributed by atoms with Crippen LogP contribution >= 0.6 is 11.3 Å². The number of thiazole rings is 1. The molecule has 4 nitrogen and oxygen atoms in total. The van der Waals surface area contributed by atoms with Gasteiger partial charge in [-0.3, -0.25) is 4.79 Å². The highest BCUT2D eigenvalue weighted by Crippen LogP contribution is 2.47. The minimum absolute atomic E-state index is 0.0181. The Balaban J connectivity index is 1.50. The number of aryl methyl sites for hydroxylation is 1. The first-order chi connectivity index (χ1) is 16.9. The van der Waals surface area contributed by atoms with Gasteiger partial charge in [0, 0.05) is 48.3 Å². The van der Waals surface area contributed by atoms with Crippen molar-refractivity contribution in [1.29, 1.82) is 0 Å². The lowest BCUT2D eigenvalue weighted by atomic mass is 9.84. The number of para-hydroxylation sites is 2. The van der Waals surface area contributed by atoms with Crippen molar-refractivity contribution in [2.24, 2.45) is 0 Å². The Morgan fingerprint density at radius 3 is 2.60 bits per heavy atom. The molecule has 3 aromatic rings. The van der Waals surface area contributed by atoms with Gasteiger partial charge in [-0.05, 0) is 43.5 Å². The molecule has 0 atom stereocenters. The number of fused-ring (bicyclic) bond motifs is 2. The van der Waals surface area contributed by atoms with E-state index >= 15 is 0 Å². The Hall–Kier alpha value is -3.18. The number of rotatable bonds is 10. The topological polar surface area (TPSA) is 44.4 Å². The fourth-order valence-electron chi connectivity index (χ4n) is 4.96. The Morgan fingerprint density at radius 2 is 1.80 bits per heavy atom. The maximum atomic E-state index is 10.8. The monoisotopic (exact) mass is 487 g/mol. The molecule has 0 saturated heterocycles. The first-order valence-electron chi connectivity index (χ1n) is 12.5. The fraction of sp³-hybridized carbons (Fsp3) is 0.333. The quantitative estimate of drug-likeness (QED) is 0.188. The molecule has 1 aromatic heterocycles. The predicted octanol–water partition coefficient (Wildman–Crippen LogP) is 7.10. The van der Waals surface area contributed by atoms with Gasteiger partial charge in [-0.25, -0.2) is 0 Å². The molecular weight excluding hydrogens is 452 g/mol. The molecule has 0 aliphatic carbocycles. The average Bonchev–Trinajstić information content (AvgIpc) is 3.30. The lowest BCUT2D eigenvalue weighted by Gasteiger charge is -2.25. The van der Waals surface area contributed by atoms with Crippen LogP contribution in [0.1, 0.15) is 57.0 Å². The lowest BCUT2D eigenvalue weighted by molar-refractivity contribution is -0.669. The molecule has 0 spiro atoms. The number of nitrogens with zero attached hydrogens (tertiary/aromatic N) is 2. The van der Waals surface area contributed by atoms with Crippen molar-refractivity contribution in [3.63, 3.8) is 0 Å². The molecule has 182 valence electrons. The summed E-state index contributed by atoms with van der Waals surface area (Å²) in [5.74, 6) is -0.712. The minimum Gasteiger partial charge on any atom is -0.481 e. The number of hydrogen-bond acceptors (Lipinski definition) is 3. The average molecular weight is 488 g/mol. The van der Waals surface area contributed by atoms with Crippen LogP contribution in [0, 0.1) is 0 Å². The van der Waals surface area contributed by atoms with E-state index in [-0.39, 0.29) is 11.8 Å². The molecule has 2 aromatic carbocycles. The normalized spacial score (nSPS) is 16.2. The van der Waals surface area contributed by atoms with Crippen molar-refractivity contribution in [2.75, 3.05) is 11.4 Å². The second-order valence-corrected chi connectivity index (χ2v) is 10.5. The van der Waals surface area contributed by atoms with Crippen molar-refractivity contribution >= 4 is 39.3 Å². The van der Waals surface area contributed by atoms with E-state index in [1.807, 2.05) is 0 Å². The molecule has 35 heavy (non-hydrogen) atoms. The van der Waals surface area contributed by atoms with Crippen LogP contribution in [0.2, 0.25) is 0 Å². The molecule has 0 amide bonds. The van der Waals surface area contributed by atoms with Crippen LogP contribution in [-0.4, -0.2) is 17.6 Å². The predicted molar refractivity (Wildman–Crippen MR) is 147 cm³/mol. The number of carboxylic acid groups (broad SMARTS) is 1. The van der Waals surface area contributed by atoms with Crippen LogP contribution in [0.25, 0.3) is 16.3 Å². The number of carboxylic acids is 1. The number of hydrogen-bond donors (Lipinski definition) is 1. The van der Waals surface area contributed by atoms with Crippen LogP contribution < -0.4 is 9.47 Å². The van der Waals surface area contributed by atoms with E-state index in [4.69, 9.17) is 5.11 Å². The van der Waals surface area contributed by atoms with Crippen LogP contribution in [0.5, 0.6) is 0 Å². The number of carbonyl (C=O) groups is 1. The van der Waals surface area contributed by atoms with Gasteiger partial charge in [0.15, 0.2) is 6.54 Å². The maximum absolute atomic E-state index is 10.8. The van der Waals surface area contributed by atoms with Crippen LogP contribution in [0.15, 0.2) is 78.5 Å². The molecule has 1 aliphatic rings. The van der Waals surface area contributed by atoms with Gasteiger partial charge in [0.25, 0.3) is 5.01 Å². The zero-order chi connectivity index (χ0) is 24.8.